The Morgan fingerprint density at radius 3 is 3.07 bits per heavy atom. The number of thioether (sulfide) groups is 1. The normalized spacial score (nSPS) is 22.6. The molecule has 1 rings (SSSR count). The summed E-state index contributed by atoms with van der Waals surface area (Å²) in [4.78, 5) is 13.8. The molecule has 0 aromatic rings. The zero-order valence-electron chi connectivity index (χ0n) is 8.99. The topological polar surface area (TPSA) is 29.5 Å². The van der Waals surface area contributed by atoms with Gasteiger partial charge in [0.25, 0.3) is 0 Å². The molecule has 1 aliphatic rings. The van der Waals surface area contributed by atoms with Gasteiger partial charge in [-0.1, -0.05) is 0 Å². The minimum Gasteiger partial charge on any atom is -0.465 e. The zero-order valence-corrected chi connectivity index (χ0v) is 9.81. The summed E-state index contributed by atoms with van der Waals surface area (Å²) in [5.41, 5.74) is 0. The number of hydrogen-bond acceptors (Lipinski definition) is 4. The third kappa shape index (κ3) is 3.17. The summed E-state index contributed by atoms with van der Waals surface area (Å²) in [6, 6.07) is 0.0297. The number of carbonyl (C=O) groups is 1. The molecule has 4 heteroatoms. The highest BCUT2D eigenvalue weighted by molar-refractivity contribution is 7.98. The number of hydrogen-bond donors (Lipinski definition) is 0. The van der Waals surface area contributed by atoms with Crippen LogP contribution in [0.1, 0.15) is 19.8 Å². The van der Waals surface area contributed by atoms with Crippen molar-refractivity contribution in [2.75, 3.05) is 31.7 Å². The molecule has 0 aromatic heterocycles. The lowest BCUT2D eigenvalue weighted by atomic mass is 10.2. The quantitative estimate of drug-likeness (QED) is 0.651. The number of likely N-dealkylation sites (tertiary alicyclic amines) is 1. The standard InChI is InChI=1S/C10H19NO2S/c1-3-13-10(12)9-5-4-6-11(9)7-8-14-2/h9H,3-8H2,1-2H3. The zero-order chi connectivity index (χ0) is 10.4. The molecule has 1 heterocycles. The van der Waals surface area contributed by atoms with Crippen molar-refractivity contribution in [2.24, 2.45) is 0 Å². The van der Waals surface area contributed by atoms with Gasteiger partial charge in [0.1, 0.15) is 6.04 Å². The van der Waals surface area contributed by atoms with E-state index < -0.39 is 0 Å². The van der Waals surface area contributed by atoms with Crippen LogP contribution in [0.25, 0.3) is 0 Å². The van der Waals surface area contributed by atoms with Crippen molar-refractivity contribution >= 4 is 17.7 Å². The van der Waals surface area contributed by atoms with E-state index in [2.05, 4.69) is 11.2 Å². The molecule has 0 saturated carbocycles. The average molecular weight is 217 g/mol. The van der Waals surface area contributed by atoms with E-state index >= 15 is 0 Å². The highest BCUT2D eigenvalue weighted by Gasteiger charge is 2.30. The van der Waals surface area contributed by atoms with Gasteiger partial charge in [-0.25, -0.2) is 0 Å². The Balaban J connectivity index is 2.38. The molecule has 0 aliphatic carbocycles. The predicted molar refractivity (Wildman–Crippen MR) is 59.6 cm³/mol. The molecular formula is C10H19NO2S. The van der Waals surface area contributed by atoms with Crippen LogP contribution in [0.4, 0.5) is 0 Å². The molecule has 0 aromatic carbocycles. The Morgan fingerprint density at radius 1 is 1.64 bits per heavy atom. The van der Waals surface area contributed by atoms with Gasteiger partial charge in [0.05, 0.1) is 6.61 Å². The number of carbonyl (C=O) groups excluding carboxylic acids is 1. The predicted octanol–water partition coefficient (Wildman–Crippen LogP) is 1.38. The van der Waals surface area contributed by atoms with Gasteiger partial charge >= 0.3 is 5.97 Å². The summed E-state index contributed by atoms with van der Waals surface area (Å²) in [5.74, 6) is 1.06. The van der Waals surface area contributed by atoms with Gasteiger partial charge in [-0.2, -0.15) is 11.8 Å². The maximum absolute atomic E-state index is 11.5. The van der Waals surface area contributed by atoms with Gasteiger partial charge in [-0.3, -0.25) is 9.69 Å². The van der Waals surface area contributed by atoms with Crippen molar-refractivity contribution in [3.05, 3.63) is 0 Å². The number of esters is 1. The van der Waals surface area contributed by atoms with Crippen LogP contribution in [0.15, 0.2) is 0 Å². The number of nitrogens with zero attached hydrogens (tertiary/aromatic N) is 1. The average Bonchev–Trinajstić information content (AvgIpc) is 2.63. The minimum absolute atomic E-state index is 0.0297. The molecule has 1 unspecified atom stereocenters. The highest BCUT2D eigenvalue weighted by atomic mass is 32.2. The molecule has 0 bridgehead atoms. The van der Waals surface area contributed by atoms with Crippen molar-refractivity contribution in [3.63, 3.8) is 0 Å². The molecule has 1 atom stereocenters. The lowest BCUT2D eigenvalue weighted by Crippen LogP contribution is -2.38. The van der Waals surface area contributed by atoms with Gasteiger partial charge < -0.3 is 4.74 Å². The number of rotatable bonds is 5. The summed E-state index contributed by atoms with van der Waals surface area (Å²) in [7, 11) is 0. The Kier molecular flexibility index (Phi) is 5.33. The second kappa shape index (κ2) is 6.30. The molecule has 0 amide bonds. The summed E-state index contributed by atoms with van der Waals surface area (Å²) >= 11 is 1.82. The van der Waals surface area contributed by atoms with Crippen LogP contribution in [0, 0.1) is 0 Å². The molecule has 14 heavy (non-hydrogen) atoms. The van der Waals surface area contributed by atoms with Crippen LogP contribution in [0.5, 0.6) is 0 Å². The third-order valence-electron chi connectivity index (χ3n) is 2.50. The van der Waals surface area contributed by atoms with E-state index in [1.165, 1.54) is 0 Å². The minimum atomic E-state index is -0.0360. The smallest absolute Gasteiger partial charge is 0.323 e. The maximum atomic E-state index is 11.5. The lowest BCUT2D eigenvalue weighted by Gasteiger charge is -2.22. The molecule has 1 aliphatic heterocycles. The van der Waals surface area contributed by atoms with Gasteiger partial charge in [-0.05, 0) is 32.6 Å². The summed E-state index contributed by atoms with van der Waals surface area (Å²) in [6.07, 6.45) is 4.18. The summed E-state index contributed by atoms with van der Waals surface area (Å²) in [6.45, 7) is 4.40. The van der Waals surface area contributed by atoms with Crippen LogP contribution < -0.4 is 0 Å². The van der Waals surface area contributed by atoms with Crippen molar-refractivity contribution in [2.45, 2.75) is 25.8 Å². The van der Waals surface area contributed by atoms with Gasteiger partial charge in [0.2, 0.25) is 0 Å². The monoisotopic (exact) mass is 217 g/mol. The van der Waals surface area contributed by atoms with Crippen molar-refractivity contribution in [3.8, 4) is 0 Å². The highest BCUT2D eigenvalue weighted by Crippen LogP contribution is 2.18. The lowest BCUT2D eigenvalue weighted by molar-refractivity contribution is -0.148. The van der Waals surface area contributed by atoms with Crippen molar-refractivity contribution in [1.82, 2.24) is 4.90 Å². The molecule has 82 valence electrons. The van der Waals surface area contributed by atoms with Gasteiger partial charge in [0.15, 0.2) is 0 Å². The van der Waals surface area contributed by atoms with Gasteiger partial charge in [0, 0.05) is 12.3 Å². The van der Waals surface area contributed by atoms with Crippen LogP contribution in [-0.2, 0) is 9.53 Å². The molecule has 0 spiro atoms. The first-order valence-electron chi connectivity index (χ1n) is 5.19. The van der Waals surface area contributed by atoms with E-state index in [1.807, 2.05) is 18.7 Å². The Morgan fingerprint density at radius 2 is 2.43 bits per heavy atom. The summed E-state index contributed by atoms with van der Waals surface area (Å²) < 4.78 is 5.05. The Labute approximate surface area is 90.2 Å². The van der Waals surface area contributed by atoms with Gasteiger partial charge in [-0.15, -0.1) is 0 Å². The molecule has 1 saturated heterocycles. The molecule has 0 N–H and O–H groups in total. The van der Waals surface area contributed by atoms with Crippen molar-refractivity contribution in [1.29, 1.82) is 0 Å². The first-order chi connectivity index (χ1) is 6.79. The largest absolute Gasteiger partial charge is 0.465 e. The van der Waals surface area contributed by atoms with E-state index in [4.69, 9.17) is 4.74 Å². The fourth-order valence-electron chi connectivity index (χ4n) is 1.81. The van der Waals surface area contributed by atoms with E-state index in [0.717, 1.165) is 31.7 Å². The second-order valence-corrected chi connectivity index (χ2v) is 4.42. The van der Waals surface area contributed by atoms with Crippen LogP contribution in [-0.4, -0.2) is 48.6 Å². The molecule has 1 fully saturated rings. The first kappa shape index (κ1) is 11.9. The maximum Gasteiger partial charge on any atom is 0.323 e. The fourth-order valence-corrected chi connectivity index (χ4v) is 2.22. The molecule has 0 radical (unpaired) electrons. The summed E-state index contributed by atoms with van der Waals surface area (Å²) in [5, 5.41) is 0. The Hall–Kier alpha value is -0.220. The second-order valence-electron chi connectivity index (χ2n) is 3.44. The van der Waals surface area contributed by atoms with Crippen LogP contribution >= 0.6 is 11.8 Å². The third-order valence-corrected chi connectivity index (χ3v) is 3.10. The first-order valence-corrected chi connectivity index (χ1v) is 6.58. The Bertz CT molecular complexity index is 187. The van der Waals surface area contributed by atoms with Crippen LogP contribution in [0.3, 0.4) is 0 Å². The SMILES string of the molecule is CCOC(=O)C1CCCN1CCSC. The van der Waals surface area contributed by atoms with Crippen LogP contribution in [0.2, 0.25) is 0 Å². The fraction of sp³-hybridized carbons (Fsp3) is 0.900. The van der Waals surface area contributed by atoms with E-state index in [0.29, 0.717) is 6.61 Å². The van der Waals surface area contributed by atoms with E-state index in [9.17, 15) is 4.79 Å². The molecule has 3 nitrogen and oxygen atoms in total. The van der Waals surface area contributed by atoms with E-state index in [-0.39, 0.29) is 12.0 Å². The van der Waals surface area contributed by atoms with Crippen molar-refractivity contribution < 1.29 is 9.53 Å². The van der Waals surface area contributed by atoms with E-state index in [1.54, 1.807) is 0 Å². The molecular weight excluding hydrogens is 198 g/mol. The number of ether oxygens (including phenoxy) is 1.